The molecule has 0 saturated carbocycles. The van der Waals surface area contributed by atoms with Crippen molar-refractivity contribution in [1.29, 1.82) is 0 Å². The van der Waals surface area contributed by atoms with Crippen LogP contribution in [0.25, 0.3) is 0 Å². The zero-order valence-corrected chi connectivity index (χ0v) is 14.4. The Bertz CT molecular complexity index is 741. The average Bonchev–Trinajstić information content (AvgIpc) is 2.62. The van der Waals surface area contributed by atoms with Crippen LogP contribution in [0.4, 0.5) is 5.82 Å². The van der Waals surface area contributed by atoms with Gasteiger partial charge < -0.3 is 14.2 Å². The summed E-state index contributed by atoms with van der Waals surface area (Å²) < 4.78 is 7.04. The summed E-state index contributed by atoms with van der Waals surface area (Å²) in [6.45, 7) is 1.82. The summed E-state index contributed by atoms with van der Waals surface area (Å²) in [6.07, 6.45) is 7.83. The molecule has 1 saturated heterocycles. The number of para-hydroxylation sites is 1. The van der Waals surface area contributed by atoms with E-state index in [-0.39, 0.29) is 5.56 Å². The van der Waals surface area contributed by atoms with Gasteiger partial charge >= 0.3 is 0 Å². The van der Waals surface area contributed by atoms with Crippen molar-refractivity contribution in [2.24, 2.45) is 13.0 Å². The highest BCUT2D eigenvalue weighted by Gasteiger charge is 2.23. The van der Waals surface area contributed by atoms with Gasteiger partial charge in [0.15, 0.2) is 5.82 Å². The highest BCUT2D eigenvalue weighted by molar-refractivity contribution is 5.36. The zero-order chi connectivity index (χ0) is 16.9. The van der Waals surface area contributed by atoms with Gasteiger partial charge in [0.2, 0.25) is 0 Å². The maximum Gasteiger partial charge on any atom is 0.293 e. The molecule has 5 heteroatoms. The van der Waals surface area contributed by atoms with Crippen LogP contribution in [0.3, 0.4) is 0 Å². The minimum absolute atomic E-state index is 0.0112. The molecule has 0 spiro atoms. The molecule has 3 rings (SSSR count). The van der Waals surface area contributed by atoms with Crippen LogP contribution in [-0.2, 0) is 13.5 Å². The largest absolute Gasteiger partial charge is 0.496 e. The maximum absolute atomic E-state index is 12.3. The third-order valence-corrected chi connectivity index (χ3v) is 4.83. The minimum atomic E-state index is -0.0112. The maximum atomic E-state index is 12.3. The first kappa shape index (κ1) is 16.6. The quantitative estimate of drug-likeness (QED) is 0.847. The number of aromatic nitrogens is 2. The number of piperidine rings is 1. The second kappa shape index (κ2) is 7.51. The highest BCUT2D eigenvalue weighted by atomic mass is 16.5. The van der Waals surface area contributed by atoms with Crippen molar-refractivity contribution in [3.05, 3.63) is 52.6 Å². The van der Waals surface area contributed by atoms with Crippen LogP contribution in [0.2, 0.25) is 0 Å². The van der Waals surface area contributed by atoms with Crippen LogP contribution < -0.4 is 15.2 Å². The number of nitrogens with zero attached hydrogens (tertiary/aromatic N) is 3. The summed E-state index contributed by atoms with van der Waals surface area (Å²) in [5, 5.41) is 0. The normalized spacial score (nSPS) is 17.8. The van der Waals surface area contributed by atoms with Gasteiger partial charge in [0.05, 0.1) is 7.11 Å². The second-order valence-electron chi connectivity index (χ2n) is 6.47. The molecule has 1 aromatic carbocycles. The summed E-state index contributed by atoms with van der Waals surface area (Å²) in [5.41, 5.74) is 1.24. The summed E-state index contributed by atoms with van der Waals surface area (Å²) >= 11 is 0. The van der Waals surface area contributed by atoms with E-state index in [1.807, 2.05) is 12.1 Å². The molecule has 1 unspecified atom stereocenters. The molecule has 2 heterocycles. The van der Waals surface area contributed by atoms with Crippen molar-refractivity contribution in [2.75, 3.05) is 25.1 Å². The topological polar surface area (TPSA) is 47.4 Å². The third kappa shape index (κ3) is 3.61. The van der Waals surface area contributed by atoms with Crippen LogP contribution >= 0.6 is 0 Å². The predicted molar refractivity (Wildman–Crippen MR) is 95.7 cm³/mol. The van der Waals surface area contributed by atoms with Gasteiger partial charge in [-0.2, -0.15) is 0 Å². The van der Waals surface area contributed by atoms with E-state index in [0.29, 0.717) is 11.7 Å². The molecule has 1 aliphatic heterocycles. The van der Waals surface area contributed by atoms with Crippen molar-refractivity contribution >= 4 is 5.82 Å². The van der Waals surface area contributed by atoms with E-state index in [0.717, 1.165) is 38.1 Å². The van der Waals surface area contributed by atoms with Gasteiger partial charge in [-0.05, 0) is 43.2 Å². The number of anilines is 1. The van der Waals surface area contributed by atoms with Gasteiger partial charge in [-0.3, -0.25) is 4.79 Å². The number of ether oxygens (including phenoxy) is 1. The molecule has 2 aromatic rings. The number of rotatable bonds is 5. The molecule has 1 fully saturated rings. The van der Waals surface area contributed by atoms with E-state index < -0.39 is 0 Å². The summed E-state index contributed by atoms with van der Waals surface area (Å²) in [5.74, 6) is 2.13. The molecule has 0 aliphatic carbocycles. The molecule has 1 atom stereocenters. The first-order valence-electron chi connectivity index (χ1n) is 8.57. The Morgan fingerprint density at radius 1 is 1.33 bits per heavy atom. The Labute approximate surface area is 142 Å². The second-order valence-corrected chi connectivity index (χ2v) is 6.47. The molecular weight excluding hydrogens is 302 g/mol. The van der Waals surface area contributed by atoms with Crippen LogP contribution in [0, 0.1) is 5.92 Å². The molecule has 24 heavy (non-hydrogen) atoms. The van der Waals surface area contributed by atoms with E-state index >= 15 is 0 Å². The van der Waals surface area contributed by atoms with Crippen molar-refractivity contribution < 1.29 is 4.74 Å². The van der Waals surface area contributed by atoms with E-state index in [1.165, 1.54) is 12.0 Å². The Kier molecular flexibility index (Phi) is 5.18. The number of hydrogen-bond donors (Lipinski definition) is 0. The Hall–Kier alpha value is -2.30. The minimum Gasteiger partial charge on any atom is -0.496 e. The molecule has 0 radical (unpaired) electrons. The fraction of sp³-hybridized carbons (Fsp3) is 0.474. The molecule has 128 valence electrons. The van der Waals surface area contributed by atoms with Crippen LogP contribution in [0.1, 0.15) is 24.8 Å². The Balaban J connectivity index is 1.66. The summed E-state index contributed by atoms with van der Waals surface area (Å²) in [4.78, 5) is 18.7. The zero-order valence-electron chi connectivity index (χ0n) is 14.4. The molecule has 0 N–H and O–H groups in total. The Morgan fingerprint density at radius 3 is 3.00 bits per heavy atom. The van der Waals surface area contributed by atoms with Gasteiger partial charge in [0.25, 0.3) is 5.56 Å². The molecule has 5 nitrogen and oxygen atoms in total. The molecule has 1 aliphatic rings. The average molecular weight is 327 g/mol. The lowest BCUT2D eigenvalue weighted by molar-refractivity contribution is 0.380. The van der Waals surface area contributed by atoms with Gasteiger partial charge in [0.1, 0.15) is 5.75 Å². The monoisotopic (exact) mass is 327 g/mol. The summed E-state index contributed by atoms with van der Waals surface area (Å²) in [7, 11) is 3.49. The van der Waals surface area contributed by atoms with Gasteiger partial charge in [-0.25, -0.2) is 4.98 Å². The molecule has 0 bridgehead atoms. The lowest BCUT2D eigenvalue weighted by Crippen LogP contribution is -2.40. The van der Waals surface area contributed by atoms with Gasteiger partial charge in [-0.1, -0.05) is 18.2 Å². The van der Waals surface area contributed by atoms with E-state index in [2.05, 4.69) is 22.0 Å². The van der Waals surface area contributed by atoms with E-state index in [1.54, 1.807) is 31.1 Å². The van der Waals surface area contributed by atoms with E-state index in [4.69, 9.17) is 4.74 Å². The van der Waals surface area contributed by atoms with Crippen molar-refractivity contribution in [3.8, 4) is 5.75 Å². The highest BCUT2D eigenvalue weighted by Crippen LogP contribution is 2.26. The smallest absolute Gasteiger partial charge is 0.293 e. The predicted octanol–water partition coefficient (Wildman–Crippen LogP) is 2.64. The van der Waals surface area contributed by atoms with Crippen LogP contribution in [0.15, 0.2) is 41.5 Å². The fourth-order valence-electron chi connectivity index (χ4n) is 3.46. The van der Waals surface area contributed by atoms with Crippen molar-refractivity contribution in [1.82, 2.24) is 9.55 Å². The van der Waals surface area contributed by atoms with Crippen LogP contribution in [-0.4, -0.2) is 29.8 Å². The first-order chi connectivity index (χ1) is 11.7. The van der Waals surface area contributed by atoms with Gasteiger partial charge in [-0.15, -0.1) is 0 Å². The SMILES string of the molecule is COc1ccccc1CCC1CCCN(c2nccn(C)c2=O)C1. The molecular formula is C19H25N3O2. The van der Waals surface area contributed by atoms with Crippen molar-refractivity contribution in [2.45, 2.75) is 25.7 Å². The number of methoxy groups -OCH3 is 1. The van der Waals surface area contributed by atoms with Gasteiger partial charge in [0, 0.05) is 32.5 Å². The van der Waals surface area contributed by atoms with E-state index in [9.17, 15) is 4.79 Å². The Morgan fingerprint density at radius 2 is 2.17 bits per heavy atom. The number of benzene rings is 1. The lowest BCUT2D eigenvalue weighted by Gasteiger charge is -2.33. The first-order valence-corrected chi connectivity index (χ1v) is 8.57. The number of aryl methyl sites for hydroxylation is 2. The molecule has 1 aromatic heterocycles. The summed E-state index contributed by atoms with van der Waals surface area (Å²) in [6, 6.07) is 8.21. The number of hydrogen-bond acceptors (Lipinski definition) is 4. The third-order valence-electron chi connectivity index (χ3n) is 4.83. The molecule has 0 amide bonds. The lowest BCUT2D eigenvalue weighted by atomic mass is 9.91. The van der Waals surface area contributed by atoms with Crippen LogP contribution in [0.5, 0.6) is 5.75 Å². The van der Waals surface area contributed by atoms with Crippen molar-refractivity contribution in [3.63, 3.8) is 0 Å². The standard InChI is InChI=1S/C19H25N3O2/c1-21-13-11-20-18(19(21)23)22-12-5-6-15(14-22)9-10-16-7-3-4-8-17(16)24-2/h3-4,7-8,11,13,15H,5-6,9-10,12,14H2,1-2H3. The fourth-order valence-corrected chi connectivity index (χ4v) is 3.46.